The molecule has 0 atom stereocenters. The summed E-state index contributed by atoms with van der Waals surface area (Å²) in [6.07, 6.45) is -16.5. The van der Waals surface area contributed by atoms with Crippen LogP contribution in [0.3, 0.4) is 0 Å². The lowest BCUT2D eigenvalue weighted by Crippen LogP contribution is -2.28. The molecule has 0 bridgehead atoms. The van der Waals surface area contributed by atoms with Crippen molar-refractivity contribution in [3.63, 3.8) is 0 Å². The lowest BCUT2D eigenvalue weighted by molar-refractivity contribution is -0.143. The van der Waals surface area contributed by atoms with Crippen LogP contribution in [0, 0.1) is 6.92 Å². The number of aromatic nitrogens is 4. The van der Waals surface area contributed by atoms with Gasteiger partial charge in [0, 0.05) is 11.8 Å². The van der Waals surface area contributed by atoms with Crippen LogP contribution in [0.25, 0.3) is 27.9 Å². The van der Waals surface area contributed by atoms with E-state index in [-0.39, 0.29) is 22.0 Å². The van der Waals surface area contributed by atoms with E-state index in [2.05, 4.69) is 15.1 Å². The van der Waals surface area contributed by atoms with E-state index in [1.807, 2.05) is 0 Å². The van der Waals surface area contributed by atoms with Crippen molar-refractivity contribution in [2.75, 3.05) is 0 Å². The zero-order valence-electron chi connectivity index (χ0n) is 16.6. The maximum absolute atomic E-state index is 13.9. The third-order valence-electron chi connectivity index (χ3n) is 4.83. The summed E-state index contributed by atoms with van der Waals surface area (Å²) >= 11 is 0. The molecule has 0 radical (unpaired) electrons. The smallest absolute Gasteiger partial charge is 0.284 e. The summed E-state index contributed by atoms with van der Waals surface area (Å²) in [7, 11) is 0. The molecule has 0 aliphatic heterocycles. The molecular weight excluding hydrogens is 483 g/mol. The monoisotopic (exact) mass is 492 g/mol. The maximum Gasteiger partial charge on any atom is 0.455 e. The van der Waals surface area contributed by atoms with E-state index < -0.39 is 57.8 Å². The Bertz CT molecular complexity index is 1430. The van der Waals surface area contributed by atoms with Gasteiger partial charge < -0.3 is 0 Å². The summed E-state index contributed by atoms with van der Waals surface area (Å²) in [4.78, 5) is 18.8. The number of nitrogens with zero attached hydrogens (tertiary/aromatic N) is 4. The van der Waals surface area contributed by atoms with Crippen LogP contribution in [0.1, 0.15) is 27.2 Å². The molecule has 14 heteroatoms. The average Bonchev–Trinajstić information content (AvgIpc) is 3.08. The van der Waals surface area contributed by atoms with Crippen molar-refractivity contribution in [1.29, 1.82) is 0 Å². The number of rotatable bonds is 2. The molecule has 5 nitrogen and oxygen atoms in total. The van der Waals surface area contributed by atoms with Gasteiger partial charge in [-0.25, -0.2) is 14.5 Å². The van der Waals surface area contributed by atoms with Crippen LogP contribution in [0.15, 0.2) is 36.5 Å². The number of pyridine rings is 1. The number of ketones is 1. The van der Waals surface area contributed by atoms with Crippen LogP contribution in [-0.4, -0.2) is 31.5 Å². The van der Waals surface area contributed by atoms with E-state index in [4.69, 9.17) is 0 Å². The van der Waals surface area contributed by atoms with Crippen LogP contribution in [0.4, 0.5) is 39.5 Å². The van der Waals surface area contributed by atoms with Gasteiger partial charge in [-0.2, -0.15) is 39.5 Å². The molecule has 178 valence electrons. The summed E-state index contributed by atoms with van der Waals surface area (Å²) in [5.41, 5.74) is -6.81. The van der Waals surface area contributed by atoms with Crippen molar-refractivity contribution in [2.45, 2.75) is 25.5 Å². The quantitative estimate of drug-likeness (QED) is 0.253. The zero-order chi connectivity index (χ0) is 25.2. The Labute approximate surface area is 182 Å². The number of alkyl halides is 9. The molecule has 0 unspecified atom stereocenters. The topological polar surface area (TPSA) is 60.2 Å². The Morgan fingerprint density at radius 1 is 0.912 bits per heavy atom. The predicted octanol–water partition coefficient (Wildman–Crippen LogP) is 6.04. The fourth-order valence-corrected chi connectivity index (χ4v) is 3.34. The minimum absolute atomic E-state index is 0.0663. The van der Waals surface area contributed by atoms with Gasteiger partial charge >= 0.3 is 18.5 Å². The number of hydrogen-bond donors (Lipinski definition) is 0. The number of Topliss-reactive ketones (excluding diaryl/α,β-unsaturated/α-hetero) is 1. The minimum atomic E-state index is -5.70. The maximum atomic E-state index is 13.9. The first-order valence-corrected chi connectivity index (χ1v) is 9.14. The predicted molar refractivity (Wildman–Crippen MR) is 98.9 cm³/mol. The van der Waals surface area contributed by atoms with Crippen LogP contribution in [-0.2, 0) is 12.4 Å². The number of aryl methyl sites for hydroxylation is 1. The number of hydrogen-bond acceptors (Lipinski definition) is 4. The molecule has 0 saturated carbocycles. The Kier molecular flexibility index (Phi) is 5.10. The summed E-state index contributed by atoms with van der Waals surface area (Å²) in [5, 5.41) is 2.43. The highest BCUT2D eigenvalue weighted by atomic mass is 19.4. The molecule has 0 aliphatic rings. The normalized spacial score (nSPS) is 13.1. The highest BCUT2D eigenvalue weighted by molar-refractivity contribution is 6.02. The van der Waals surface area contributed by atoms with Gasteiger partial charge in [-0.15, -0.1) is 5.10 Å². The molecule has 4 aromatic rings. The zero-order valence-corrected chi connectivity index (χ0v) is 16.6. The molecule has 0 amide bonds. The molecule has 0 fully saturated rings. The van der Waals surface area contributed by atoms with Gasteiger partial charge in [-0.3, -0.25) is 4.79 Å². The summed E-state index contributed by atoms with van der Waals surface area (Å²) in [6.45, 7) is 1.72. The second-order valence-electron chi connectivity index (χ2n) is 7.20. The molecule has 1 aromatic carbocycles. The van der Waals surface area contributed by atoms with Gasteiger partial charge in [0.15, 0.2) is 17.0 Å². The van der Waals surface area contributed by atoms with Gasteiger partial charge in [-0.1, -0.05) is 29.8 Å². The van der Waals surface area contributed by atoms with E-state index in [0.29, 0.717) is 6.07 Å². The Morgan fingerprint density at radius 3 is 2.06 bits per heavy atom. The molecule has 0 aliphatic carbocycles. The van der Waals surface area contributed by atoms with Crippen molar-refractivity contribution >= 4 is 22.5 Å². The lowest BCUT2D eigenvalue weighted by atomic mass is 10.0. The molecule has 34 heavy (non-hydrogen) atoms. The van der Waals surface area contributed by atoms with Crippen LogP contribution < -0.4 is 0 Å². The van der Waals surface area contributed by atoms with Gasteiger partial charge in [0.25, 0.3) is 5.78 Å². The summed E-state index contributed by atoms with van der Waals surface area (Å²) in [6, 6.07) is 6.57. The fourth-order valence-electron chi connectivity index (χ4n) is 3.34. The molecule has 3 heterocycles. The highest BCUT2D eigenvalue weighted by Gasteiger charge is 2.47. The minimum Gasteiger partial charge on any atom is -0.284 e. The molecule has 0 N–H and O–H groups in total. The van der Waals surface area contributed by atoms with E-state index in [1.165, 1.54) is 12.1 Å². The number of halogens is 9. The second kappa shape index (κ2) is 7.40. The first kappa shape index (κ1) is 23.4. The van der Waals surface area contributed by atoms with Gasteiger partial charge in [0.05, 0.1) is 22.2 Å². The molecule has 0 spiro atoms. The Morgan fingerprint density at radius 2 is 1.53 bits per heavy atom. The van der Waals surface area contributed by atoms with Gasteiger partial charge in [-0.05, 0) is 13.0 Å². The Hall–Kier alpha value is -3.71. The van der Waals surface area contributed by atoms with Crippen LogP contribution >= 0.6 is 0 Å². The number of benzene rings is 1. The average molecular weight is 492 g/mol. The first-order valence-electron chi connectivity index (χ1n) is 9.14. The van der Waals surface area contributed by atoms with E-state index in [9.17, 15) is 44.3 Å². The number of fused-ring (bicyclic) bond motifs is 3. The SMILES string of the molecule is Cc1ccc(-c2cc(C(F)(F)F)c3c(n2)nn2c(C(F)(F)F)c(C(=O)C(F)(F)F)cnc32)cc1. The number of carbonyl (C=O) groups excluding carboxylic acids is 1. The third-order valence-corrected chi connectivity index (χ3v) is 4.83. The summed E-state index contributed by atoms with van der Waals surface area (Å²) < 4.78 is 121. The fraction of sp³-hybridized carbons (Fsp3) is 0.200. The highest BCUT2D eigenvalue weighted by Crippen LogP contribution is 2.40. The van der Waals surface area contributed by atoms with Crippen LogP contribution in [0.5, 0.6) is 0 Å². The van der Waals surface area contributed by atoms with E-state index in [1.54, 1.807) is 19.1 Å². The summed E-state index contributed by atoms with van der Waals surface area (Å²) in [5.74, 6) is -2.88. The van der Waals surface area contributed by atoms with Crippen molar-refractivity contribution in [1.82, 2.24) is 19.6 Å². The standard InChI is InChI=1S/C20H9F9N4O/c1-8-2-4-9(5-3-8)12-6-11(18(21,22)23)13-16(31-12)32-33-14(19(24,25)26)10(7-30-17(13)33)15(34)20(27,28)29/h2-7H,1H3. The first-order chi connectivity index (χ1) is 15.6. The van der Waals surface area contributed by atoms with Crippen molar-refractivity contribution in [2.24, 2.45) is 0 Å². The lowest BCUT2D eigenvalue weighted by Gasteiger charge is -2.14. The van der Waals surface area contributed by atoms with E-state index >= 15 is 0 Å². The van der Waals surface area contributed by atoms with Gasteiger partial charge in [0.1, 0.15) is 0 Å². The molecule has 3 aromatic heterocycles. The largest absolute Gasteiger partial charge is 0.455 e. The number of carbonyl (C=O) groups is 1. The third kappa shape index (κ3) is 3.92. The molecule has 0 saturated heterocycles. The Balaban J connectivity index is 2.13. The second-order valence-corrected chi connectivity index (χ2v) is 7.20. The van der Waals surface area contributed by atoms with Crippen LogP contribution in [0.2, 0.25) is 0 Å². The van der Waals surface area contributed by atoms with Crippen molar-refractivity contribution in [3.8, 4) is 11.3 Å². The van der Waals surface area contributed by atoms with Crippen molar-refractivity contribution in [3.05, 3.63) is 58.9 Å². The molecular formula is C20H9F9N4O. The van der Waals surface area contributed by atoms with Gasteiger partial charge in [0.2, 0.25) is 0 Å². The van der Waals surface area contributed by atoms with E-state index in [0.717, 1.165) is 5.56 Å². The van der Waals surface area contributed by atoms with Crippen molar-refractivity contribution < 1.29 is 44.3 Å². The molecule has 4 rings (SSSR count).